The third-order valence-corrected chi connectivity index (χ3v) is 3.56. The molecule has 1 aliphatic heterocycles. The molecule has 3 rings (SSSR count). The van der Waals surface area contributed by atoms with Crippen LogP contribution in [0.5, 0.6) is 0 Å². The van der Waals surface area contributed by atoms with Crippen LogP contribution >= 0.6 is 0 Å². The van der Waals surface area contributed by atoms with Crippen molar-refractivity contribution >= 4 is 10.9 Å². The molecule has 1 aromatic carbocycles. The number of fused-ring (bicyclic) bond motifs is 1. The Morgan fingerprint density at radius 3 is 3.12 bits per heavy atom. The Balaban J connectivity index is 2.10. The largest absolute Gasteiger partial charge is 0.361 e. The SMILES string of the molecule is CN1CCNCC1c1c[nH]c2cccc(F)c12. The summed E-state index contributed by atoms with van der Waals surface area (Å²) in [5.41, 5.74) is 1.92. The zero-order valence-corrected chi connectivity index (χ0v) is 9.83. The van der Waals surface area contributed by atoms with E-state index >= 15 is 0 Å². The van der Waals surface area contributed by atoms with Crippen molar-refractivity contribution in [3.05, 3.63) is 35.8 Å². The first-order chi connectivity index (χ1) is 8.27. The zero-order chi connectivity index (χ0) is 11.8. The molecule has 2 heterocycles. The number of benzene rings is 1. The quantitative estimate of drug-likeness (QED) is 0.788. The number of nitrogens with one attached hydrogen (secondary N) is 2. The minimum absolute atomic E-state index is 0.141. The maximum atomic E-state index is 13.9. The molecule has 90 valence electrons. The fraction of sp³-hybridized carbons (Fsp3) is 0.385. The molecule has 3 nitrogen and oxygen atoms in total. The first kappa shape index (κ1) is 10.7. The van der Waals surface area contributed by atoms with E-state index in [4.69, 9.17) is 0 Å². The summed E-state index contributed by atoms with van der Waals surface area (Å²) in [6.45, 7) is 2.86. The van der Waals surface area contributed by atoms with Crippen molar-refractivity contribution in [2.75, 3.05) is 26.7 Å². The molecule has 0 spiro atoms. The third kappa shape index (κ3) is 1.73. The summed E-state index contributed by atoms with van der Waals surface area (Å²) in [5.74, 6) is -0.141. The fourth-order valence-electron chi connectivity index (χ4n) is 2.58. The van der Waals surface area contributed by atoms with Gasteiger partial charge < -0.3 is 10.3 Å². The minimum Gasteiger partial charge on any atom is -0.361 e. The van der Waals surface area contributed by atoms with Crippen LogP contribution in [0.2, 0.25) is 0 Å². The number of likely N-dealkylation sites (N-methyl/N-ethyl adjacent to an activating group) is 1. The van der Waals surface area contributed by atoms with E-state index < -0.39 is 0 Å². The monoisotopic (exact) mass is 233 g/mol. The lowest BCUT2D eigenvalue weighted by Gasteiger charge is -2.33. The Bertz CT molecular complexity index is 534. The Morgan fingerprint density at radius 1 is 1.41 bits per heavy atom. The maximum Gasteiger partial charge on any atom is 0.132 e. The molecule has 1 aromatic heterocycles. The maximum absolute atomic E-state index is 13.9. The van der Waals surface area contributed by atoms with Gasteiger partial charge >= 0.3 is 0 Å². The lowest BCUT2D eigenvalue weighted by molar-refractivity contribution is 0.203. The van der Waals surface area contributed by atoms with Crippen LogP contribution < -0.4 is 5.32 Å². The molecule has 0 saturated carbocycles. The normalized spacial score (nSPS) is 22.1. The molecule has 0 amide bonds. The van der Waals surface area contributed by atoms with Crippen molar-refractivity contribution in [2.45, 2.75) is 6.04 Å². The highest BCUT2D eigenvalue weighted by Gasteiger charge is 2.24. The van der Waals surface area contributed by atoms with Gasteiger partial charge in [-0.25, -0.2) is 4.39 Å². The van der Waals surface area contributed by atoms with Crippen LogP contribution in [0, 0.1) is 5.82 Å². The molecule has 1 saturated heterocycles. The van der Waals surface area contributed by atoms with Gasteiger partial charge in [-0.15, -0.1) is 0 Å². The fourth-order valence-corrected chi connectivity index (χ4v) is 2.58. The van der Waals surface area contributed by atoms with Gasteiger partial charge in [0.15, 0.2) is 0 Å². The summed E-state index contributed by atoms with van der Waals surface area (Å²) in [6, 6.07) is 5.42. The molecule has 2 N–H and O–H groups in total. The van der Waals surface area contributed by atoms with Crippen LogP contribution in [-0.2, 0) is 0 Å². The number of aromatic amines is 1. The van der Waals surface area contributed by atoms with E-state index in [0.29, 0.717) is 0 Å². The van der Waals surface area contributed by atoms with Crippen LogP contribution in [-0.4, -0.2) is 36.6 Å². The van der Waals surface area contributed by atoms with Gasteiger partial charge in [0, 0.05) is 42.8 Å². The Hall–Kier alpha value is -1.39. The van der Waals surface area contributed by atoms with Crippen molar-refractivity contribution in [2.24, 2.45) is 0 Å². The summed E-state index contributed by atoms with van der Waals surface area (Å²) in [6.07, 6.45) is 1.93. The van der Waals surface area contributed by atoms with E-state index in [0.717, 1.165) is 36.1 Å². The minimum atomic E-state index is -0.141. The molecule has 0 radical (unpaired) electrons. The van der Waals surface area contributed by atoms with E-state index in [9.17, 15) is 4.39 Å². The highest BCUT2D eigenvalue weighted by Crippen LogP contribution is 2.29. The Labute approximate surface area is 99.6 Å². The summed E-state index contributed by atoms with van der Waals surface area (Å²) in [4.78, 5) is 5.42. The van der Waals surface area contributed by atoms with Gasteiger partial charge in [-0.2, -0.15) is 0 Å². The smallest absolute Gasteiger partial charge is 0.132 e. The Morgan fingerprint density at radius 2 is 2.29 bits per heavy atom. The number of piperazine rings is 1. The molecule has 2 aromatic rings. The van der Waals surface area contributed by atoms with Crippen molar-refractivity contribution in [3.63, 3.8) is 0 Å². The van der Waals surface area contributed by atoms with Crippen LogP contribution in [0.15, 0.2) is 24.4 Å². The lowest BCUT2D eigenvalue weighted by Crippen LogP contribution is -2.43. The highest BCUT2D eigenvalue weighted by atomic mass is 19.1. The summed E-state index contributed by atoms with van der Waals surface area (Å²) in [7, 11) is 2.09. The Kier molecular flexibility index (Phi) is 2.61. The van der Waals surface area contributed by atoms with Crippen molar-refractivity contribution in [1.29, 1.82) is 0 Å². The second-order valence-corrected chi connectivity index (χ2v) is 4.61. The number of hydrogen-bond donors (Lipinski definition) is 2. The van der Waals surface area contributed by atoms with E-state index in [2.05, 4.69) is 22.2 Å². The second kappa shape index (κ2) is 4.13. The molecule has 0 bridgehead atoms. The van der Waals surface area contributed by atoms with E-state index in [-0.39, 0.29) is 11.9 Å². The zero-order valence-electron chi connectivity index (χ0n) is 9.83. The van der Waals surface area contributed by atoms with Crippen LogP contribution in [0.4, 0.5) is 4.39 Å². The standard InChI is InChI=1S/C13H16FN3/c1-17-6-5-15-8-12(17)9-7-16-11-4-2-3-10(14)13(9)11/h2-4,7,12,15-16H,5-6,8H2,1H3. The summed E-state index contributed by atoms with van der Waals surface area (Å²) in [5, 5.41) is 4.09. The van der Waals surface area contributed by atoms with Crippen LogP contribution in [0.3, 0.4) is 0 Å². The lowest BCUT2D eigenvalue weighted by atomic mass is 10.0. The molecule has 17 heavy (non-hydrogen) atoms. The van der Waals surface area contributed by atoms with E-state index in [1.807, 2.05) is 12.3 Å². The average Bonchev–Trinajstić information content (AvgIpc) is 2.75. The molecule has 0 aliphatic carbocycles. The average molecular weight is 233 g/mol. The molecular weight excluding hydrogens is 217 g/mol. The number of nitrogens with zero attached hydrogens (tertiary/aromatic N) is 1. The van der Waals surface area contributed by atoms with Gasteiger partial charge in [-0.05, 0) is 24.7 Å². The van der Waals surface area contributed by atoms with Crippen LogP contribution in [0.1, 0.15) is 11.6 Å². The van der Waals surface area contributed by atoms with E-state index in [1.54, 1.807) is 6.07 Å². The predicted octanol–water partition coefficient (Wildman–Crippen LogP) is 1.88. The van der Waals surface area contributed by atoms with Gasteiger partial charge in [0.1, 0.15) is 5.82 Å². The van der Waals surface area contributed by atoms with Crippen molar-refractivity contribution < 1.29 is 4.39 Å². The molecule has 1 unspecified atom stereocenters. The number of aromatic nitrogens is 1. The van der Waals surface area contributed by atoms with Gasteiger partial charge in [-0.1, -0.05) is 6.07 Å². The molecule has 1 atom stereocenters. The highest BCUT2D eigenvalue weighted by molar-refractivity contribution is 5.84. The predicted molar refractivity (Wildman–Crippen MR) is 66.5 cm³/mol. The third-order valence-electron chi connectivity index (χ3n) is 3.56. The van der Waals surface area contributed by atoms with Gasteiger partial charge in [0.05, 0.1) is 0 Å². The topological polar surface area (TPSA) is 31.1 Å². The molecule has 1 aliphatic rings. The van der Waals surface area contributed by atoms with Gasteiger partial charge in [0.2, 0.25) is 0 Å². The second-order valence-electron chi connectivity index (χ2n) is 4.61. The van der Waals surface area contributed by atoms with Crippen molar-refractivity contribution in [3.8, 4) is 0 Å². The summed E-state index contributed by atoms with van der Waals surface area (Å²) >= 11 is 0. The van der Waals surface area contributed by atoms with Crippen LogP contribution in [0.25, 0.3) is 10.9 Å². The van der Waals surface area contributed by atoms with Gasteiger partial charge in [-0.3, -0.25) is 4.90 Å². The van der Waals surface area contributed by atoms with E-state index in [1.165, 1.54) is 6.07 Å². The number of H-pyrrole nitrogens is 1. The molecular formula is C13H16FN3. The first-order valence-electron chi connectivity index (χ1n) is 5.94. The summed E-state index contributed by atoms with van der Waals surface area (Å²) < 4.78 is 13.9. The molecule has 1 fully saturated rings. The first-order valence-corrected chi connectivity index (χ1v) is 5.94. The number of halogens is 1. The number of hydrogen-bond acceptors (Lipinski definition) is 2. The van der Waals surface area contributed by atoms with Crippen molar-refractivity contribution in [1.82, 2.24) is 15.2 Å². The van der Waals surface area contributed by atoms with Gasteiger partial charge in [0.25, 0.3) is 0 Å². The number of rotatable bonds is 1. The molecule has 4 heteroatoms.